The number of benzene rings is 3. The van der Waals surface area contributed by atoms with Crippen LogP contribution in [-0.4, -0.2) is 49.0 Å². The van der Waals surface area contributed by atoms with E-state index < -0.39 is 0 Å². The average Bonchev–Trinajstić information content (AvgIpc) is 2.94. The number of nitrogens with zero attached hydrogens (tertiary/aromatic N) is 2. The topological polar surface area (TPSA) is 67.1 Å². The monoisotopic (exact) mass is 535 g/mol. The Kier molecular flexibility index (Phi) is 11.7. The van der Waals surface area contributed by atoms with Gasteiger partial charge in [-0.15, -0.1) is 12.4 Å². The van der Waals surface area contributed by atoms with Gasteiger partial charge in [0.1, 0.15) is 0 Å². The highest BCUT2D eigenvalue weighted by molar-refractivity contribution is 5.85. The van der Waals surface area contributed by atoms with Crippen molar-refractivity contribution in [3.05, 3.63) is 90.0 Å². The van der Waals surface area contributed by atoms with Crippen molar-refractivity contribution < 1.29 is 10.3 Å². The molecule has 0 saturated carbocycles. The predicted octanol–water partition coefficient (Wildman–Crippen LogP) is 5.83. The van der Waals surface area contributed by atoms with E-state index in [9.17, 15) is 4.79 Å². The maximum absolute atomic E-state index is 12.6. The minimum absolute atomic E-state index is 0. The van der Waals surface area contributed by atoms with Crippen LogP contribution in [0.3, 0.4) is 0 Å². The highest BCUT2D eigenvalue weighted by atomic mass is 35.5. The summed E-state index contributed by atoms with van der Waals surface area (Å²) in [5, 5.41) is 3.30. The second-order valence-corrected chi connectivity index (χ2v) is 10.2. The lowest BCUT2D eigenvalue weighted by Crippen LogP contribution is -2.46. The molecule has 3 N–H and O–H groups in total. The Bertz CT molecular complexity index is 1130. The summed E-state index contributed by atoms with van der Waals surface area (Å²) in [6.45, 7) is 5.46. The van der Waals surface area contributed by atoms with Gasteiger partial charge in [-0.05, 0) is 61.4 Å². The number of anilines is 1. The molecule has 0 spiro atoms. The zero-order valence-electron chi connectivity index (χ0n) is 22.3. The predicted molar refractivity (Wildman–Crippen MR) is 160 cm³/mol. The summed E-state index contributed by atoms with van der Waals surface area (Å²) in [6, 6.07) is 28.3. The number of para-hydroxylation sites is 1. The first-order chi connectivity index (χ1) is 17.8. The summed E-state index contributed by atoms with van der Waals surface area (Å²) >= 11 is 0. The maximum Gasteiger partial charge on any atom is 0.220 e. The van der Waals surface area contributed by atoms with Crippen molar-refractivity contribution in [2.24, 2.45) is 0 Å². The van der Waals surface area contributed by atoms with Crippen molar-refractivity contribution in [3.63, 3.8) is 0 Å². The van der Waals surface area contributed by atoms with E-state index in [2.05, 4.69) is 94.0 Å². The number of amides is 1. The van der Waals surface area contributed by atoms with Gasteiger partial charge in [0, 0.05) is 43.9 Å². The van der Waals surface area contributed by atoms with Gasteiger partial charge >= 0.3 is 0 Å². The molecular formula is C32H42ClN3O2. The standard InChI is InChI=1S/C32H39N3O.ClH.H2O/c36-32(33-30-18-11-15-26-14-6-7-16-28(26)30)20-5-2-10-21-34-22-24-35(25-23-34)31-19-9-8-17-29(31)27-12-3-1-4-13-27;;/h1,3-4,6-9,12-14,16-17,19,30H,2,5,10-11,15,18,20-25H2,(H,33,36);1H;1H2. The number of unbranched alkanes of at least 4 members (excludes halogenated alkanes) is 2. The van der Waals surface area contributed by atoms with Crippen LogP contribution in [0.4, 0.5) is 5.69 Å². The molecule has 1 aliphatic carbocycles. The van der Waals surface area contributed by atoms with Crippen molar-refractivity contribution in [1.29, 1.82) is 0 Å². The van der Waals surface area contributed by atoms with Crippen molar-refractivity contribution in [1.82, 2.24) is 10.2 Å². The number of piperazine rings is 1. The van der Waals surface area contributed by atoms with Gasteiger partial charge in [-0.1, -0.05) is 79.2 Å². The van der Waals surface area contributed by atoms with Crippen LogP contribution in [0.5, 0.6) is 0 Å². The molecule has 3 aromatic carbocycles. The molecule has 0 aromatic heterocycles. The van der Waals surface area contributed by atoms with Gasteiger partial charge in [-0.3, -0.25) is 9.69 Å². The number of aryl methyl sites for hydroxylation is 1. The number of hydrogen-bond acceptors (Lipinski definition) is 3. The summed E-state index contributed by atoms with van der Waals surface area (Å²) in [5.41, 5.74) is 6.67. The summed E-state index contributed by atoms with van der Waals surface area (Å²) in [6.07, 6.45) is 7.26. The largest absolute Gasteiger partial charge is 0.412 e. The highest BCUT2D eigenvalue weighted by Crippen LogP contribution is 2.31. The number of nitrogens with one attached hydrogen (secondary N) is 1. The highest BCUT2D eigenvalue weighted by Gasteiger charge is 2.21. The van der Waals surface area contributed by atoms with Crippen molar-refractivity contribution in [2.45, 2.75) is 51.0 Å². The van der Waals surface area contributed by atoms with Crippen LogP contribution in [0.2, 0.25) is 0 Å². The first-order valence-corrected chi connectivity index (χ1v) is 13.8. The maximum atomic E-state index is 12.6. The molecule has 1 fully saturated rings. The first-order valence-electron chi connectivity index (χ1n) is 13.8. The van der Waals surface area contributed by atoms with Crippen LogP contribution in [0.1, 0.15) is 55.7 Å². The zero-order chi connectivity index (χ0) is 24.6. The molecule has 2 aliphatic rings. The molecule has 1 atom stereocenters. The van der Waals surface area contributed by atoms with Gasteiger partial charge in [-0.2, -0.15) is 0 Å². The molecule has 1 heterocycles. The molecule has 0 bridgehead atoms. The molecule has 0 radical (unpaired) electrons. The minimum atomic E-state index is 0. The van der Waals surface area contributed by atoms with Crippen LogP contribution in [0.15, 0.2) is 78.9 Å². The SMILES string of the molecule is Cl.O.O=C(CCCCCN1CCN(c2ccccc2-c2ccccc2)CC1)NC1CCCc2ccccc21. The van der Waals surface area contributed by atoms with E-state index in [4.69, 9.17) is 0 Å². The molecular weight excluding hydrogens is 494 g/mol. The summed E-state index contributed by atoms with van der Waals surface area (Å²) in [7, 11) is 0. The van der Waals surface area contributed by atoms with Gasteiger partial charge in [0.25, 0.3) is 0 Å². The Hall–Kier alpha value is -2.86. The molecule has 5 rings (SSSR count). The van der Waals surface area contributed by atoms with E-state index in [1.165, 1.54) is 34.4 Å². The molecule has 1 amide bonds. The molecule has 5 nitrogen and oxygen atoms in total. The van der Waals surface area contributed by atoms with E-state index >= 15 is 0 Å². The van der Waals surface area contributed by atoms with Crippen LogP contribution >= 0.6 is 12.4 Å². The molecule has 38 heavy (non-hydrogen) atoms. The van der Waals surface area contributed by atoms with Gasteiger partial charge in [0.05, 0.1) is 6.04 Å². The molecule has 6 heteroatoms. The van der Waals surface area contributed by atoms with E-state index in [0.29, 0.717) is 6.42 Å². The molecule has 3 aromatic rings. The number of fused-ring (bicyclic) bond motifs is 1. The van der Waals surface area contributed by atoms with Gasteiger partial charge in [0.2, 0.25) is 5.91 Å². The quantitative estimate of drug-likeness (QED) is 0.351. The second-order valence-electron chi connectivity index (χ2n) is 10.2. The lowest BCUT2D eigenvalue weighted by molar-refractivity contribution is -0.122. The summed E-state index contributed by atoms with van der Waals surface area (Å²) < 4.78 is 0. The summed E-state index contributed by atoms with van der Waals surface area (Å²) in [5.74, 6) is 0.211. The Morgan fingerprint density at radius 2 is 1.53 bits per heavy atom. The van der Waals surface area contributed by atoms with Crippen molar-refractivity contribution >= 4 is 24.0 Å². The third-order valence-electron chi connectivity index (χ3n) is 7.78. The Labute approximate surface area is 234 Å². The molecule has 1 saturated heterocycles. The van der Waals surface area contributed by atoms with Crippen LogP contribution in [-0.2, 0) is 11.2 Å². The molecule has 1 aliphatic heterocycles. The third kappa shape index (κ3) is 7.59. The first kappa shape index (κ1) is 29.7. The van der Waals surface area contributed by atoms with Gasteiger partial charge in [0.15, 0.2) is 0 Å². The number of rotatable bonds is 9. The van der Waals surface area contributed by atoms with Crippen LogP contribution in [0, 0.1) is 0 Å². The average molecular weight is 536 g/mol. The van der Waals surface area contributed by atoms with Crippen LogP contribution < -0.4 is 10.2 Å². The van der Waals surface area contributed by atoms with Gasteiger partial charge in [-0.25, -0.2) is 0 Å². The van der Waals surface area contributed by atoms with Crippen molar-refractivity contribution in [3.8, 4) is 11.1 Å². The minimum Gasteiger partial charge on any atom is -0.412 e. The second kappa shape index (κ2) is 14.9. The Morgan fingerprint density at radius 1 is 0.816 bits per heavy atom. The lowest BCUT2D eigenvalue weighted by atomic mass is 9.87. The smallest absolute Gasteiger partial charge is 0.220 e. The molecule has 204 valence electrons. The van der Waals surface area contributed by atoms with E-state index in [0.717, 1.165) is 64.8 Å². The number of hydrogen-bond donors (Lipinski definition) is 1. The normalized spacial score (nSPS) is 17.1. The van der Waals surface area contributed by atoms with Crippen molar-refractivity contribution in [2.75, 3.05) is 37.6 Å². The number of halogens is 1. The Morgan fingerprint density at radius 3 is 2.34 bits per heavy atom. The van der Waals surface area contributed by atoms with Crippen LogP contribution in [0.25, 0.3) is 11.1 Å². The number of carbonyl (C=O) groups is 1. The fraction of sp³-hybridized carbons (Fsp3) is 0.406. The third-order valence-corrected chi connectivity index (χ3v) is 7.78. The fourth-order valence-corrected chi connectivity index (χ4v) is 5.79. The summed E-state index contributed by atoms with van der Waals surface area (Å²) in [4.78, 5) is 17.7. The number of carbonyl (C=O) groups excluding carboxylic acids is 1. The molecule has 1 unspecified atom stereocenters. The van der Waals surface area contributed by atoms with Gasteiger partial charge < -0.3 is 15.7 Å². The van der Waals surface area contributed by atoms with E-state index in [1.807, 2.05) is 0 Å². The zero-order valence-corrected chi connectivity index (χ0v) is 23.1. The van der Waals surface area contributed by atoms with E-state index in [-0.39, 0.29) is 29.8 Å². The lowest BCUT2D eigenvalue weighted by Gasteiger charge is -2.37. The fourth-order valence-electron chi connectivity index (χ4n) is 5.79. The Balaban J connectivity index is 0.00000200. The van der Waals surface area contributed by atoms with E-state index in [1.54, 1.807) is 0 Å².